The quantitative estimate of drug-likeness (QED) is 0.626. The van der Waals surface area contributed by atoms with Crippen molar-refractivity contribution in [2.24, 2.45) is 0 Å². The number of carbonyl (C=O) groups is 1. The second-order valence-corrected chi connectivity index (χ2v) is 5.51. The Balaban J connectivity index is 1.73. The van der Waals surface area contributed by atoms with Crippen molar-refractivity contribution in [3.8, 4) is 11.5 Å². The zero-order chi connectivity index (χ0) is 17.4. The van der Waals surface area contributed by atoms with Crippen LogP contribution in [-0.4, -0.2) is 26.2 Å². The molecule has 2 aromatic rings. The molecule has 1 N–H and O–H groups in total. The fourth-order valence-electron chi connectivity index (χ4n) is 2.24. The lowest BCUT2D eigenvalue weighted by atomic mass is 10.1. The van der Waals surface area contributed by atoms with Crippen LogP contribution in [0.5, 0.6) is 11.5 Å². The summed E-state index contributed by atoms with van der Waals surface area (Å²) in [5.41, 5.74) is 3.25. The van der Waals surface area contributed by atoms with Gasteiger partial charge in [0.1, 0.15) is 18.1 Å². The second-order valence-electron chi connectivity index (χ2n) is 5.51. The Kier molecular flexibility index (Phi) is 6.43. The Morgan fingerprint density at radius 1 is 1.12 bits per heavy atom. The van der Waals surface area contributed by atoms with Gasteiger partial charge in [-0.3, -0.25) is 4.79 Å². The molecule has 2 aromatic carbocycles. The van der Waals surface area contributed by atoms with E-state index in [2.05, 4.69) is 11.4 Å². The first kappa shape index (κ1) is 17.6. The molecule has 0 aliphatic heterocycles. The van der Waals surface area contributed by atoms with Crippen molar-refractivity contribution in [2.45, 2.75) is 13.8 Å². The van der Waals surface area contributed by atoms with Crippen molar-refractivity contribution in [2.75, 3.05) is 20.3 Å². The van der Waals surface area contributed by atoms with E-state index in [4.69, 9.17) is 9.47 Å². The highest BCUT2D eigenvalue weighted by atomic mass is 16.5. The molecule has 0 aliphatic carbocycles. The SMILES string of the molecule is COc1ccc(/C=C/C(=O)NCCOc2ccc(C)cc2C)cc1. The molecule has 0 atom stereocenters. The van der Waals surface area contributed by atoms with Crippen LogP contribution in [0.4, 0.5) is 0 Å². The first-order valence-corrected chi connectivity index (χ1v) is 7.88. The number of rotatable bonds is 7. The van der Waals surface area contributed by atoms with Crippen molar-refractivity contribution in [1.29, 1.82) is 0 Å². The van der Waals surface area contributed by atoms with Crippen LogP contribution in [0.15, 0.2) is 48.5 Å². The number of hydrogen-bond acceptors (Lipinski definition) is 3. The molecule has 0 saturated carbocycles. The third-order valence-electron chi connectivity index (χ3n) is 3.53. The third-order valence-corrected chi connectivity index (χ3v) is 3.53. The largest absolute Gasteiger partial charge is 0.497 e. The average molecular weight is 325 g/mol. The highest BCUT2D eigenvalue weighted by Crippen LogP contribution is 2.18. The van der Waals surface area contributed by atoms with Gasteiger partial charge in [0.25, 0.3) is 0 Å². The van der Waals surface area contributed by atoms with Crippen LogP contribution >= 0.6 is 0 Å². The maximum atomic E-state index is 11.8. The van der Waals surface area contributed by atoms with Crippen LogP contribution in [-0.2, 0) is 4.79 Å². The maximum absolute atomic E-state index is 11.8. The van der Waals surface area contributed by atoms with Gasteiger partial charge in [0, 0.05) is 6.08 Å². The zero-order valence-corrected chi connectivity index (χ0v) is 14.3. The standard InChI is InChI=1S/C20H23NO3/c1-15-4-10-19(16(2)14-15)24-13-12-21-20(22)11-7-17-5-8-18(23-3)9-6-17/h4-11,14H,12-13H2,1-3H3,(H,21,22)/b11-7+. The van der Waals surface area contributed by atoms with Crippen LogP contribution in [0.25, 0.3) is 6.08 Å². The van der Waals surface area contributed by atoms with Crippen LogP contribution in [0.1, 0.15) is 16.7 Å². The van der Waals surface area contributed by atoms with Gasteiger partial charge in [-0.15, -0.1) is 0 Å². The molecule has 0 fully saturated rings. The lowest BCUT2D eigenvalue weighted by molar-refractivity contribution is -0.116. The Bertz CT molecular complexity index is 705. The molecule has 0 aromatic heterocycles. The minimum atomic E-state index is -0.143. The van der Waals surface area contributed by atoms with Crippen molar-refractivity contribution < 1.29 is 14.3 Å². The molecule has 4 nitrogen and oxygen atoms in total. The normalized spacial score (nSPS) is 10.6. The average Bonchev–Trinajstić information content (AvgIpc) is 2.59. The molecule has 2 rings (SSSR count). The molecule has 0 saturated heterocycles. The van der Waals surface area contributed by atoms with Gasteiger partial charge in [-0.05, 0) is 49.2 Å². The molecule has 0 unspecified atom stereocenters. The van der Waals surface area contributed by atoms with Crippen LogP contribution < -0.4 is 14.8 Å². The first-order chi connectivity index (χ1) is 11.6. The Morgan fingerprint density at radius 2 is 1.88 bits per heavy atom. The summed E-state index contributed by atoms with van der Waals surface area (Å²) < 4.78 is 10.8. The number of hydrogen-bond donors (Lipinski definition) is 1. The van der Waals surface area contributed by atoms with Crippen molar-refractivity contribution >= 4 is 12.0 Å². The molecule has 1 amide bonds. The van der Waals surface area contributed by atoms with Gasteiger partial charge in [0.2, 0.25) is 5.91 Å². The van der Waals surface area contributed by atoms with Gasteiger partial charge < -0.3 is 14.8 Å². The minimum Gasteiger partial charge on any atom is -0.497 e. The lowest BCUT2D eigenvalue weighted by Gasteiger charge is -2.09. The molecule has 0 radical (unpaired) electrons. The summed E-state index contributed by atoms with van der Waals surface area (Å²) in [6.45, 7) is 4.95. The second kappa shape index (κ2) is 8.77. The maximum Gasteiger partial charge on any atom is 0.244 e. The van der Waals surface area contributed by atoms with E-state index in [-0.39, 0.29) is 5.91 Å². The van der Waals surface area contributed by atoms with Crippen LogP contribution in [0, 0.1) is 13.8 Å². The van der Waals surface area contributed by atoms with E-state index in [0.717, 1.165) is 22.6 Å². The van der Waals surface area contributed by atoms with Crippen molar-refractivity contribution in [3.05, 3.63) is 65.2 Å². The van der Waals surface area contributed by atoms with Gasteiger partial charge in [-0.1, -0.05) is 29.8 Å². The molecule has 0 aliphatic rings. The van der Waals surface area contributed by atoms with E-state index < -0.39 is 0 Å². The first-order valence-electron chi connectivity index (χ1n) is 7.88. The molecule has 0 spiro atoms. The molecule has 0 bridgehead atoms. The minimum absolute atomic E-state index is 0.143. The summed E-state index contributed by atoms with van der Waals surface area (Å²) in [6, 6.07) is 13.5. The molecule has 24 heavy (non-hydrogen) atoms. The van der Waals surface area contributed by atoms with E-state index in [1.807, 2.05) is 50.2 Å². The summed E-state index contributed by atoms with van der Waals surface area (Å²) in [7, 11) is 1.62. The lowest BCUT2D eigenvalue weighted by Crippen LogP contribution is -2.26. The van der Waals surface area contributed by atoms with Gasteiger partial charge in [-0.25, -0.2) is 0 Å². The number of benzene rings is 2. The Labute approximate surface area is 143 Å². The van der Waals surface area contributed by atoms with E-state index >= 15 is 0 Å². The Hall–Kier alpha value is -2.75. The van der Waals surface area contributed by atoms with Crippen molar-refractivity contribution in [1.82, 2.24) is 5.32 Å². The third kappa shape index (κ3) is 5.47. The monoisotopic (exact) mass is 325 g/mol. The van der Waals surface area contributed by atoms with Gasteiger partial charge >= 0.3 is 0 Å². The summed E-state index contributed by atoms with van der Waals surface area (Å²) in [5.74, 6) is 1.50. The van der Waals surface area contributed by atoms with Gasteiger partial charge in [0.15, 0.2) is 0 Å². The molecular formula is C20H23NO3. The molecule has 4 heteroatoms. The molecule has 126 valence electrons. The van der Waals surface area contributed by atoms with E-state index in [1.54, 1.807) is 13.2 Å². The predicted octanol–water partition coefficient (Wildman–Crippen LogP) is 3.52. The summed E-state index contributed by atoms with van der Waals surface area (Å²) in [4.78, 5) is 11.8. The van der Waals surface area contributed by atoms with Crippen molar-refractivity contribution in [3.63, 3.8) is 0 Å². The summed E-state index contributed by atoms with van der Waals surface area (Å²) >= 11 is 0. The Morgan fingerprint density at radius 3 is 2.54 bits per heavy atom. The number of aryl methyl sites for hydroxylation is 2. The highest BCUT2D eigenvalue weighted by molar-refractivity contribution is 5.91. The summed E-state index contributed by atoms with van der Waals surface area (Å²) in [5, 5.41) is 2.80. The fourth-order valence-corrected chi connectivity index (χ4v) is 2.24. The zero-order valence-electron chi connectivity index (χ0n) is 14.3. The number of methoxy groups -OCH3 is 1. The number of nitrogens with one attached hydrogen (secondary N) is 1. The summed E-state index contributed by atoms with van der Waals surface area (Å²) in [6.07, 6.45) is 3.28. The number of amides is 1. The van der Waals surface area contributed by atoms with E-state index in [1.165, 1.54) is 11.6 Å². The van der Waals surface area contributed by atoms with E-state index in [9.17, 15) is 4.79 Å². The van der Waals surface area contributed by atoms with Gasteiger partial charge in [0.05, 0.1) is 13.7 Å². The molecule has 0 heterocycles. The van der Waals surface area contributed by atoms with Crippen LogP contribution in [0.3, 0.4) is 0 Å². The molecular weight excluding hydrogens is 302 g/mol. The van der Waals surface area contributed by atoms with Crippen LogP contribution in [0.2, 0.25) is 0 Å². The number of carbonyl (C=O) groups excluding carboxylic acids is 1. The fraction of sp³-hybridized carbons (Fsp3) is 0.250. The van der Waals surface area contributed by atoms with E-state index in [0.29, 0.717) is 13.2 Å². The van der Waals surface area contributed by atoms with Gasteiger partial charge in [-0.2, -0.15) is 0 Å². The topological polar surface area (TPSA) is 47.6 Å². The smallest absolute Gasteiger partial charge is 0.244 e. The highest BCUT2D eigenvalue weighted by Gasteiger charge is 2.00. The number of ether oxygens (including phenoxy) is 2. The predicted molar refractivity (Wildman–Crippen MR) is 96.4 cm³/mol.